The standard InChI is InChI=1S/C19H13Br2NO2/c20-15-2-1-11-5-13(6-12(11)7-15)18-9-14-8-16(21)3-4-17(14)22(18)10-19(23)24/h1-5,7-9H,6,10H2,(H,23,24). The number of carboxylic acids is 1. The highest BCUT2D eigenvalue weighted by Gasteiger charge is 2.20. The summed E-state index contributed by atoms with van der Waals surface area (Å²) in [6.45, 7) is -0.0438. The van der Waals surface area contributed by atoms with Crippen molar-refractivity contribution < 1.29 is 9.90 Å². The van der Waals surface area contributed by atoms with Gasteiger partial charge in [0.05, 0.1) is 0 Å². The first-order valence-corrected chi connectivity index (χ1v) is 9.10. The molecule has 3 nitrogen and oxygen atoms in total. The predicted molar refractivity (Wildman–Crippen MR) is 103 cm³/mol. The number of fused-ring (bicyclic) bond motifs is 2. The van der Waals surface area contributed by atoms with Gasteiger partial charge in [-0.3, -0.25) is 4.79 Å². The van der Waals surface area contributed by atoms with Crippen LogP contribution in [0.5, 0.6) is 0 Å². The lowest BCUT2D eigenvalue weighted by Gasteiger charge is -2.09. The number of hydrogen-bond acceptors (Lipinski definition) is 1. The molecule has 0 saturated heterocycles. The third-order valence-electron chi connectivity index (χ3n) is 4.30. The van der Waals surface area contributed by atoms with E-state index >= 15 is 0 Å². The summed E-state index contributed by atoms with van der Waals surface area (Å²) in [4.78, 5) is 11.4. The normalized spacial score (nSPS) is 13.2. The van der Waals surface area contributed by atoms with E-state index in [4.69, 9.17) is 0 Å². The van der Waals surface area contributed by atoms with Crippen molar-refractivity contribution in [2.75, 3.05) is 0 Å². The second kappa shape index (κ2) is 5.90. The Morgan fingerprint density at radius 1 is 1.08 bits per heavy atom. The molecule has 0 unspecified atom stereocenters. The van der Waals surface area contributed by atoms with Crippen LogP contribution < -0.4 is 0 Å². The van der Waals surface area contributed by atoms with Crippen LogP contribution in [0.1, 0.15) is 16.8 Å². The number of carbonyl (C=O) groups is 1. The number of allylic oxidation sites excluding steroid dienone is 1. The van der Waals surface area contributed by atoms with Gasteiger partial charge in [-0.2, -0.15) is 0 Å². The SMILES string of the molecule is O=C(O)Cn1c(C2=Cc3ccc(Br)cc3C2)cc2cc(Br)ccc21. The number of aliphatic carboxylic acids is 1. The van der Waals surface area contributed by atoms with E-state index in [9.17, 15) is 9.90 Å². The van der Waals surface area contributed by atoms with Crippen LogP contribution in [0.25, 0.3) is 22.6 Å². The molecule has 3 aromatic rings. The van der Waals surface area contributed by atoms with E-state index in [0.29, 0.717) is 0 Å². The summed E-state index contributed by atoms with van der Waals surface area (Å²) < 4.78 is 3.93. The van der Waals surface area contributed by atoms with Crippen LogP contribution in [-0.4, -0.2) is 15.6 Å². The Morgan fingerprint density at radius 2 is 1.83 bits per heavy atom. The maximum Gasteiger partial charge on any atom is 0.323 e. The average molecular weight is 447 g/mol. The molecule has 4 rings (SSSR count). The van der Waals surface area contributed by atoms with Crippen molar-refractivity contribution in [1.29, 1.82) is 0 Å². The minimum atomic E-state index is -0.837. The summed E-state index contributed by atoms with van der Waals surface area (Å²) in [5.41, 5.74) is 5.51. The molecule has 1 N–H and O–H groups in total. The molecule has 1 aromatic heterocycles. The Morgan fingerprint density at radius 3 is 2.62 bits per heavy atom. The van der Waals surface area contributed by atoms with Crippen molar-refractivity contribution in [3.63, 3.8) is 0 Å². The van der Waals surface area contributed by atoms with Gasteiger partial charge in [0, 0.05) is 32.0 Å². The number of benzene rings is 2. The van der Waals surface area contributed by atoms with E-state index < -0.39 is 5.97 Å². The topological polar surface area (TPSA) is 42.2 Å². The third kappa shape index (κ3) is 2.72. The Labute approximate surface area is 155 Å². The van der Waals surface area contributed by atoms with Crippen LogP contribution in [0.2, 0.25) is 0 Å². The molecule has 0 amide bonds. The Balaban J connectivity index is 1.86. The van der Waals surface area contributed by atoms with Gasteiger partial charge in [-0.15, -0.1) is 0 Å². The molecule has 2 aromatic carbocycles. The van der Waals surface area contributed by atoms with Gasteiger partial charge in [-0.1, -0.05) is 37.9 Å². The van der Waals surface area contributed by atoms with Gasteiger partial charge >= 0.3 is 5.97 Å². The van der Waals surface area contributed by atoms with Crippen LogP contribution in [0, 0.1) is 0 Å². The van der Waals surface area contributed by atoms with Crippen molar-refractivity contribution >= 4 is 60.4 Å². The Kier molecular flexibility index (Phi) is 3.85. The molecule has 0 fully saturated rings. The number of rotatable bonds is 3. The highest BCUT2D eigenvalue weighted by Crippen LogP contribution is 2.36. The van der Waals surface area contributed by atoms with E-state index in [0.717, 1.165) is 37.5 Å². The van der Waals surface area contributed by atoms with Crippen molar-refractivity contribution in [3.05, 3.63) is 68.2 Å². The number of aromatic nitrogens is 1. The van der Waals surface area contributed by atoms with Gasteiger partial charge in [-0.05, 0) is 59.2 Å². The van der Waals surface area contributed by atoms with Crippen LogP contribution in [-0.2, 0) is 17.8 Å². The summed E-state index contributed by atoms with van der Waals surface area (Å²) >= 11 is 7.00. The van der Waals surface area contributed by atoms with Gasteiger partial charge in [0.1, 0.15) is 6.54 Å². The fraction of sp³-hybridized carbons (Fsp3) is 0.105. The van der Waals surface area contributed by atoms with Crippen LogP contribution >= 0.6 is 31.9 Å². The molecule has 5 heteroatoms. The van der Waals surface area contributed by atoms with Crippen molar-refractivity contribution in [1.82, 2.24) is 4.57 Å². The molecular formula is C19H13Br2NO2. The molecule has 1 heterocycles. The minimum absolute atomic E-state index is 0.0438. The molecule has 1 aliphatic carbocycles. The lowest BCUT2D eigenvalue weighted by atomic mass is 10.1. The molecule has 24 heavy (non-hydrogen) atoms. The smallest absolute Gasteiger partial charge is 0.323 e. The Hall–Kier alpha value is -1.85. The van der Waals surface area contributed by atoms with Crippen molar-refractivity contribution in [2.24, 2.45) is 0 Å². The molecule has 0 spiro atoms. The molecule has 0 atom stereocenters. The summed E-state index contributed by atoms with van der Waals surface area (Å²) in [6, 6.07) is 14.3. The van der Waals surface area contributed by atoms with E-state index in [1.165, 1.54) is 11.1 Å². The number of hydrogen-bond donors (Lipinski definition) is 1. The predicted octanol–water partition coefficient (Wildman–Crippen LogP) is 5.35. The zero-order chi connectivity index (χ0) is 16.8. The fourth-order valence-corrected chi connectivity index (χ4v) is 4.08. The van der Waals surface area contributed by atoms with E-state index in [2.05, 4.69) is 56.1 Å². The first-order valence-electron chi connectivity index (χ1n) is 7.51. The fourth-order valence-electron chi connectivity index (χ4n) is 3.29. The van der Waals surface area contributed by atoms with Crippen LogP contribution in [0.15, 0.2) is 51.4 Å². The highest BCUT2D eigenvalue weighted by atomic mass is 79.9. The van der Waals surface area contributed by atoms with Gasteiger partial charge in [0.2, 0.25) is 0 Å². The molecule has 1 aliphatic rings. The van der Waals surface area contributed by atoms with Gasteiger partial charge in [-0.25, -0.2) is 0 Å². The monoisotopic (exact) mass is 445 g/mol. The zero-order valence-electron chi connectivity index (χ0n) is 12.6. The Bertz CT molecular complexity index is 1020. The van der Waals surface area contributed by atoms with Crippen molar-refractivity contribution in [2.45, 2.75) is 13.0 Å². The molecule has 0 aliphatic heterocycles. The largest absolute Gasteiger partial charge is 0.480 e. The molecule has 120 valence electrons. The van der Waals surface area contributed by atoms with Gasteiger partial charge in [0.25, 0.3) is 0 Å². The quantitative estimate of drug-likeness (QED) is 0.589. The van der Waals surface area contributed by atoms with E-state index in [1.807, 2.05) is 28.8 Å². The maximum atomic E-state index is 11.4. The maximum absolute atomic E-state index is 11.4. The third-order valence-corrected chi connectivity index (χ3v) is 5.29. The summed E-state index contributed by atoms with van der Waals surface area (Å²) in [5, 5.41) is 10.4. The van der Waals surface area contributed by atoms with E-state index in [1.54, 1.807) is 0 Å². The first-order chi connectivity index (χ1) is 11.5. The van der Waals surface area contributed by atoms with Gasteiger partial charge in [0.15, 0.2) is 0 Å². The summed E-state index contributed by atoms with van der Waals surface area (Å²) in [5.74, 6) is -0.837. The number of carboxylic acid groups (broad SMARTS) is 1. The van der Waals surface area contributed by atoms with E-state index in [-0.39, 0.29) is 6.54 Å². The molecule has 0 saturated carbocycles. The summed E-state index contributed by atoms with van der Waals surface area (Å²) in [7, 11) is 0. The lowest BCUT2D eigenvalue weighted by Crippen LogP contribution is -2.11. The average Bonchev–Trinajstić information content (AvgIpc) is 3.07. The van der Waals surface area contributed by atoms with Crippen molar-refractivity contribution in [3.8, 4) is 0 Å². The second-order valence-corrected chi connectivity index (χ2v) is 7.73. The number of nitrogens with zero attached hydrogens (tertiary/aromatic N) is 1. The zero-order valence-corrected chi connectivity index (χ0v) is 15.8. The summed E-state index contributed by atoms with van der Waals surface area (Å²) in [6.07, 6.45) is 2.97. The molecular weight excluding hydrogens is 434 g/mol. The second-order valence-electron chi connectivity index (χ2n) is 5.90. The molecule has 0 radical (unpaired) electrons. The van der Waals surface area contributed by atoms with Crippen LogP contribution in [0.3, 0.4) is 0 Å². The highest BCUT2D eigenvalue weighted by molar-refractivity contribution is 9.10. The molecule has 0 bridgehead atoms. The first kappa shape index (κ1) is 15.7. The van der Waals surface area contributed by atoms with Gasteiger partial charge < -0.3 is 9.67 Å². The number of halogens is 2. The minimum Gasteiger partial charge on any atom is -0.480 e. The van der Waals surface area contributed by atoms with Crippen LogP contribution in [0.4, 0.5) is 0 Å². The lowest BCUT2D eigenvalue weighted by molar-refractivity contribution is -0.137.